The van der Waals surface area contributed by atoms with E-state index < -0.39 is 0 Å². The Labute approximate surface area is 245 Å². The van der Waals surface area contributed by atoms with Crippen LogP contribution in [0, 0.1) is 35.6 Å². The third-order valence-electron chi connectivity index (χ3n) is 7.97. The molecule has 0 saturated carbocycles. The van der Waals surface area contributed by atoms with Crippen LogP contribution in [0.1, 0.15) is 66.7 Å². The van der Waals surface area contributed by atoms with Gasteiger partial charge in [-0.1, -0.05) is 38.6 Å². The number of benzene rings is 1. The first-order valence-electron chi connectivity index (χ1n) is 13.4. The van der Waals surface area contributed by atoms with Gasteiger partial charge in [0.05, 0.1) is 5.71 Å². The van der Waals surface area contributed by atoms with Crippen molar-refractivity contribution in [2.75, 3.05) is 32.8 Å². The molecule has 0 unspecified atom stereocenters. The fourth-order valence-corrected chi connectivity index (χ4v) is 5.83. The van der Waals surface area contributed by atoms with Crippen molar-refractivity contribution in [3.8, 4) is 5.40 Å². The van der Waals surface area contributed by atoms with Gasteiger partial charge in [-0.05, 0) is 82.8 Å². The van der Waals surface area contributed by atoms with E-state index in [9.17, 15) is 10.0 Å². The average Bonchev–Trinajstić information content (AvgIpc) is 2.93. The number of rotatable bonds is 6. The highest BCUT2D eigenvalue weighted by molar-refractivity contribution is 9.10. The van der Waals surface area contributed by atoms with Gasteiger partial charge in [0, 0.05) is 42.0 Å². The van der Waals surface area contributed by atoms with Crippen LogP contribution in [0.4, 0.5) is 0 Å². The fraction of sp³-hybridized carbons (Fsp3) is 0.517. The molecular weight excluding hydrogens is 578 g/mol. The summed E-state index contributed by atoms with van der Waals surface area (Å²) in [7, 11) is 0. The Morgan fingerprint density at radius 1 is 1.21 bits per heavy atom. The number of carbonyl (C=O) groups excluding carboxylic acids is 1. The van der Waals surface area contributed by atoms with Gasteiger partial charge in [0.1, 0.15) is 12.2 Å². The Kier molecular flexibility index (Phi) is 11.1. The van der Waals surface area contributed by atoms with Gasteiger partial charge in [-0.25, -0.2) is 5.26 Å². The zero-order valence-corrected chi connectivity index (χ0v) is 25.6. The maximum Gasteiger partial charge on any atom is 0.260 e. The Balaban J connectivity index is 0.00000134. The van der Waals surface area contributed by atoms with E-state index in [2.05, 4.69) is 69.8 Å². The normalized spacial score (nSPS) is 18.1. The van der Waals surface area contributed by atoms with Crippen LogP contribution in [-0.4, -0.2) is 59.7 Å². The van der Waals surface area contributed by atoms with Crippen LogP contribution in [-0.2, 0) is 17.5 Å². The summed E-state index contributed by atoms with van der Waals surface area (Å²) in [6, 6.07) is 10.0. The first kappa shape index (κ1) is 30.8. The van der Waals surface area contributed by atoms with Crippen LogP contribution in [0.5, 0.6) is 0 Å². The summed E-state index contributed by atoms with van der Waals surface area (Å²) < 4.78 is 1.84. The number of carbonyl (C=O) groups is 1. The molecule has 2 aromatic rings. The van der Waals surface area contributed by atoms with Crippen LogP contribution < -0.4 is 4.73 Å². The summed E-state index contributed by atoms with van der Waals surface area (Å²) in [6.45, 7) is 11.9. The molecule has 0 radical (unpaired) electrons. The van der Waals surface area contributed by atoms with Crippen LogP contribution in [0.15, 0.2) is 46.2 Å². The fourth-order valence-electron chi connectivity index (χ4n) is 5.57. The second-order valence-electron chi connectivity index (χ2n) is 10.3. The Morgan fingerprint density at radius 2 is 1.79 bits per heavy atom. The Morgan fingerprint density at radius 3 is 2.36 bits per heavy atom. The quantitative estimate of drug-likeness (QED) is 0.115. The lowest BCUT2D eigenvalue weighted by Gasteiger charge is -2.49. The number of aromatic nitrogens is 1. The van der Waals surface area contributed by atoms with Crippen LogP contribution in [0.25, 0.3) is 0 Å². The summed E-state index contributed by atoms with van der Waals surface area (Å²) in [5.41, 5.74) is 4.11. The number of piperidine rings is 2. The number of nitrogens with zero attached hydrogens (tertiary/aromatic N) is 5. The van der Waals surface area contributed by atoms with Gasteiger partial charge in [0.25, 0.3) is 5.91 Å². The smallest absolute Gasteiger partial charge is 0.260 e. The third kappa shape index (κ3) is 7.47. The minimum Gasteiger partial charge on any atom is -0.696 e. The molecule has 10 heteroatoms. The summed E-state index contributed by atoms with van der Waals surface area (Å²) in [5, 5.41) is 25.0. The standard InChI is InChI=1S/C28H37BrN4O3.CHNS/c1-5-36-30-26(22-6-8-24(29)9-7-22)23-11-15-32(16-12-23)28(4)13-18-31(19-14-28)27(34)25-20(2)10-17-33(35)21(25)3;2-1-3/h6-10,17,23H,5,11-16,18-19H2,1-4H3;3H/p-1/b30-26-;. The molecular formula is C29H37BrN5O3S-. The van der Waals surface area contributed by atoms with Crippen molar-refractivity contribution in [2.45, 2.75) is 58.9 Å². The van der Waals surface area contributed by atoms with E-state index in [4.69, 9.17) is 10.1 Å². The molecule has 2 aliphatic rings. The number of hydrogen-bond donors (Lipinski definition) is 0. The number of amides is 1. The predicted octanol–water partition coefficient (Wildman–Crippen LogP) is 4.86. The van der Waals surface area contributed by atoms with Crippen molar-refractivity contribution in [1.82, 2.24) is 9.80 Å². The highest BCUT2D eigenvalue weighted by atomic mass is 79.9. The summed E-state index contributed by atoms with van der Waals surface area (Å²) in [6.07, 6.45) is 5.40. The molecule has 8 nitrogen and oxygen atoms in total. The maximum atomic E-state index is 13.3. The molecule has 0 aliphatic carbocycles. The zero-order chi connectivity index (χ0) is 28.6. The van der Waals surface area contributed by atoms with Crippen molar-refractivity contribution < 1.29 is 14.4 Å². The first-order valence-corrected chi connectivity index (χ1v) is 14.6. The number of pyridine rings is 1. The highest BCUT2D eigenvalue weighted by Gasteiger charge is 2.40. The third-order valence-corrected chi connectivity index (χ3v) is 8.49. The molecule has 0 bridgehead atoms. The molecule has 1 amide bonds. The number of hydrogen-bond acceptors (Lipinski definition) is 7. The second-order valence-corrected chi connectivity index (χ2v) is 11.4. The van der Waals surface area contributed by atoms with E-state index in [1.54, 1.807) is 13.0 Å². The summed E-state index contributed by atoms with van der Waals surface area (Å²) in [4.78, 5) is 23.3. The number of likely N-dealkylation sites (tertiary alicyclic amines) is 2. The molecule has 0 N–H and O–H groups in total. The first-order chi connectivity index (χ1) is 18.6. The van der Waals surface area contributed by atoms with Gasteiger partial charge in [-0.15, -0.1) is 0 Å². The second kappa shape index (κ2) is 14.1. The number of nitriles is 1. The van der Waals surface area contributed by atoms with E-state index in [1.165, 1.54) is 11.6 Å². The van der Waals surface area contributed by atoms with Crippen molar-refractivity contribution in [1.29, 1.82) is 5.26 Å². The van der Waals surface area contributed by atoms with E-state index in [1.807, 2.05) is 18.7 Å². The average molecular weight is 616 g/mol. The highest BCUT2D eigenvalue weighted by Crippen LogP contribution is 2.34. The van der Waals surface area contributed by atoms with E-state index in [0.717, 1.165) is 64.8 Å². The Hall–Kier alpha value is -2.74. The minimum absolute atomic E-state index is 0.0257. The molecule has 1 aromatic heterocycles. The van der Waals surface area contributed by atoms with Crippen LogP contribution in [0.3, 0.4) is 0 Å². The lowest BCUT2D eigenvalue weighted by molar-refractivity contribution is -0.612. The maximum absolute atomic E-state index is 13.3. The summed E-state index contributed by atoms with van der Waals surface area (Å²) >= 11 is 7.22. The number of oxime groups is 1. The predicted molar refractivity (Wildman–Crippen MR) is 158 cm³/mol. The van der Waals surface area contributed by atoms with Gasteiger partial charge in [0.2, 0.25) is 5.69 Å². The molecule has 2 fully saturated rings. The molecule has 0 atom stereocenters. The lowest BCUT2D eigenvalue weighted by Crippen LogP contribution is -2.57. The topological polar surface area (TPSA) is 95.9 Å². The summed E-state index contributed by atoms with van der Waals surface area (Å²) in [5.74, 6) is 0.337. The molecule has 0 spiro atoms. The van der Waals surface area contributed by atoms with Gasteiger partial charge < -0.3 is 27.6 Å². The van der Waals surface area contributed by atoms with Gasteiger partial charge in [-0.2, -0.15) is 4.73 Å². The molecule has 210 valence electrons. The molecule has 1 aromatic carbocycles. The molecule has 39 heavy (non-hydrogen) atoms. The number of halogens is 1. The molecule has 2 aliphatic heterocycles. The molecule has 4 rings (SSSR count). The van der Waals surface area contributed by atoms with Gasteiger partial charge in [-0.3, -0.25) is 9.69 Å². The zero-order valence-electron chi connectivity index (χ0n) is 23.2. The van der Waals surface area contributed by atoms with E-state index in [0.29, 0.717) is 36.9 Å². The van der Waals surface area contributed by atoms with Gasteiger partial charge in [0.15, 0.2) is 6.20 Å². The molecule has 2 saturated heterocycles. The van der Waals surface area contributed by atoms with Crippen molar-refractivity contribution in [3.05, 3.63) is 68.6 Å². The largest absolute Gasteiger partial charge is 0.696 e. The molecule has 3 heterocycles. The number of thiocyanates is 1. The van der Waals surface area contributed by atoms with Gasteiger partial charge >= 0.3 is 0 Å². The van der Waals surface area contributed by atoms with Crippen LogP contribution >= 0.6 is 15.9 Å². The lowest BCUT2D eigenvalue weighted by atomic mass is 9.82. The minimum atomic E-state index is -0.0257. The van der Waals surface area contributed by atoms with E-state index >= 15 is 0 Å². The SMILES string of the molecule is CCO/N=C(/c1ccc(Br)cc1)C1CCN(C2(C)CCN(C(=O)c3c(C)cc[n+]([O-])c3C)CC2)CC1.N#C[S-]. The monoisotopic (exact) mass is 614 g/mol. The van der Waals surface area contributed by atoms with E-state index in [-0.39, 0.29) is 11.4 Å². The van der Waals surface area contributed by atoms with Crippen LogP contribution in [0.2, 0.25) is 0 Å². The van der Waals surface area contributed by atoms with Crippen molar-refractivity contribution in [2.24, 2.45) is 11.1 Å². The van der Waals surface area contributed by atoms with Crippen molar-refractivity contribution >= 4 is 40.2 Å². The Bertz CT molecular complexity index is 1200. The van der Waals surface area contributed by atoms with Crippen molar-refractivity contribution in [3.63, 3.8) is 0 Å². The number of aryl methyl sites for hydroxylation is 1.